The van der Waals surface area contributed by atoms with Crippen LogP contribution in [0.5, 0.6) is 0 Å². The van der Waals surface area contributed by atoms with E-state index >= 15 is 0 Å². The molecule has 2 aliphatic carbocycles. The van der Waals surface area contributed by atoms with Crippen molar-refractivity contribution in [2.75, 3.05) is 6.61 Å². The molecule has 5 unspecified atom stereocenters. The topological polar surface area (TPSA) is 99.4 Å². The minimum atomic E-state index is -4.46. The number of carbonyl (C=O) groups is 1. The molecule has 3 N–H and O–H groups in total. The van der Waals surface area contributed by atoms with Crippen molar-refractivity contribution in [2.24, 2.45) is 22.9 Å². The number of carboxylic acids is 1. The molecular weight excluding hydrogens is 391 g/mol. The van der Waals surface area contributed by atoms with Crippen LogP contribution in [0.3, 0.4) is 0 Å². The van der Waals surface area contributed by atoms with E-state index in [0.717, 1.165) is 17.8 Å². The predicted molar refractivity (Wildman–Crippen MR) is 97.0 cm³/mol. The second-order valence-electron chi connectivity index (χ2n) is 7.74. The van der Waals surface area contributed by atoms with Crippen LogP contribution in [0.1, 0.15) is 49.3 Å². The number of alkyl halides is 3. The number of fused-ring (bicyclic) bond motifs is 1. The van der Waals surface area contributed by atoms with Gasteiger partial charge in [0.05, 0.1) is 29.9 Å². The van der Waals surface area contributed by atoms with Crippen molar-refractivity contribution in [1.29, 1.82) is 0 Å². The van der Waals surface area contributed by atoms with Gasteiger partial charge in [-0.05, 0) is 55.2 Å². The highest BCUT2D eigenvalue weighted by Crippen LogP contribution is 2.49. The third kappa shape index (κ3) is 5.08. The minimum absolute atomic E-state index is 0.00855. The van der Waals surface area contributed by atoms with Gasteiger partial charge in [-0.25, -0.2) is 0 Å². The standard InChI is InChI=1S/C20H24F3NO5/c21-20(22,23)13-3-1-2-11(8-13)17(25)5-4-12-9-14-15(19(12)28)10-16(14)24-29-7-6-18(26)27/h1-3,8,12,14-15,17,19,25,28H,4-7,9-10H2,(H,26,27). The molecule has 0 spiro atoms. The number of oxime groups is 1. The quantitative estimate of drug-likeness (QED) is 0.447. The SMILES string of the molecule is O=C(O)CCON=C1CC2C1CC(CCC(O)c1cccc(C(F)(F)F)c1)C2O. The lowest BCUT2D eigenvalue weighted by Crippen LogP contribution is -2.38. The average molecular weight is 415 g/mol. The maximum Gasteiger partial charge on any atom is 0.416 e. The van der Waals surface area contributed by atoms with Gasteiger partial charge in [-0.3, -0.25) is 4.79 Å². The zero-order valence-electron chi connectivity index (χ0n) is 15.7. The van der Waals surface area contributed by atoms with E-state index < -0.39 is 29.9 Å². The second kappa shape index (κ2) is 8.71. The summed E-state index contributed by atoms with van der Waals surface area (Å²) in [7, 11) is 0. The van der Waals surface area contributed by atoms with E-state index in [2.05, 4.69) is 5.16 Å². The van der Waals surface area contributed by atoms with Crippen molar-refractivity contribution in [1.82, 2.24) is 0 Å². The van der Waals surface area contributed by atoms with Crippen molar-refractivity contribution in [3.63, 3.8) is 0 Å². The number of rotatable bonds is 8. The van der Waals surface area contributed by atoms with Gasteiger partial charge in [-0.15, -0.1) is 0 Å². The molecule has 160 valence electrons. The smallest absolute Gasteiger partial charge is 0.416 e. The van der Waals surface area contributed by atoms with Crippen molar-refractivity contribution in [3.05, 3.63) is 35.4 Å². The third-order valence-electron chi connectivity index (χ3n) is 5.87. The summed E-state index contributed by atoms with van der Waals surface area (Å²) in [6.07, 6.45) is -4.18. The van der Waals surface area contributed by atoms with Gasteiger partial charge in [0, 0.05) is 5.92 Å². The molecule has 0 saturated heterocycles. The number of aliphatic carboxylic acids is 1. The number of hydrogen-bond acceptors (Lipinski definition) is 5. The Hall–Kier alpha value is -2.13. The third-order valence-corrected chi connectivity index (χ3v) is 5.87. The molecule has 0 heterocycles. The molecule has 2 fully saturated rings. The van der Waals surface area contributed by atoms with E-state index in [1.165, 1.54) is 12.1 Å². The maximum atomic E-state index is 12.8. The fourth-order valence-electron chi connectivity index (χ4n) is 4.22. The van der Waals surface area contributed by atoms with Crippen LogP contribution in [0.2, 0.25) is 0 Å². The Labute approximate surface area is 166 Å². The number of aliphatic hydroxyl groups excluding tert-OH is 2. The summed E-state index contributed by atoms with van der Waals surface area (Å²) in [5.74, 6) is -0.900. The first-order valence-electron chi connectivity index (χ1n) is 9.60. The molecular formula is C20H24F3NO5. The van der Waals surface area contributed by atoms with Crippen molar-refractivity contribution < 1.29 is 38.1 Å². The van der Waals surface area contributed by atoms with Gasteiger partial charge >= 0.3 is 12.1 Å². The summed E-state index contributed by atoms with van der Waals surface area (Å²) >= 11 is 0. The Morgan fingerprint density at radius 2 is 2.10 bits per heavy atom. The first kappa shape index (κ1) is 21.6. The van der Waals surface area contributed by atoms with E-state index in [9.17, 15) is 28.2 Å². The highest BCUT2D eigenvalue weighted by atomic mass is 19.4. The summed E-state index contributed by atoms with van der Waals surface area (Å²) < 4.78 is 38.5. The average Bonchev–Trinajstić information content (AvgIpc) is 2.89. The monoisotopic (exact) mass is 415 g/mol. The Bertz CT molecular complexity index is 767. The molecule has 1 aromatic rings. The number of carboxylic acid groups (broad SMARTS) is 1. The van der Waals surface area contributed by atoms with Crippen molar-refractivity contribution in [2.45, 2.75) is 50.5 Å². The maximum absolute atomic E-state index is 12.8. The summed E-state index contributed by atoms with van der Waals surface area (Å²) in [6.45, 7) is -0.00855. The summed E-state index contributed by atoms with van der Waals surface area (Å²) in [5, 5.41) is 33.3. The molecule has 29 heavy (non-hydrogen) atoms. The van der Waals surface area contributed by atoms with Gasteiger partial charge in [-0.1, -0.05) is 17.3 Å². The van der Waals surface area contributed by atoms with Crippen LogP contribution < -0.4 is 0 Å². The van der Waals surface area contributed by atoms with Crippen LogP contribution in [0.25, 0.3) is 0 Å². The minimum Gasteiger partial charge on any atom is -0.481 e. The summed E-state index contributed by atoms with van der Waals surface area (Å²) in [5.41, 5.74) is 0.224. The fraction of sp³-hybridized carbons (Fsp3) is 0.600. The van der Waals surface area contributed by atoms with Crippen molar-refractivity contribution >= 4 is 11.7 Å². The molecule has 0 aromatic heterocycles. The summed E-state index contributed by atoms with van der Waals surface area (Å²) in [6, 6.07) is 4.67. The Morgan fingerprint density at radius 3 is 2.79 bits per heavy atom. The molecule has 9 heteroatoms. The molecule has 2 saturated carbocycles. The molecule has 3 rings (SSSR count). The van der Waals surface area contributed by atoms with E-state index in [4.69, 9.17) is 9.94 Å². The van der Waals surface area contributed by atoms with E-state index in [-0.39, 0.29) is 42.8 Å². The van der Waals surface area contributed by atoms with Crippen LogP contribution in [-0.2, 0) is 15.8 Å². The number of benzene rings is 1. The zero-order valence-corrected chi connectivity index (χ0v) is 15.7. The normalized spacial score (nSPS) is 28.7. The van der Waals surface area contributed by atoms with Crippen LogP contribution in [-0.4, -0.2) is 39.7 Å². The lowest BCUT2D eigenvalue weighted by atomic mass is 9.73. The van der Waals surface area contributed by atoms with Crippen LogP contribution in [0, 0.1) is 17.8 Å². The molecule has 2 aliphatic rings. The lowest BCUT2D eigenvalue weighted by Gasteiger charge is -2.33. The van der Waals surface area contributed by atoms with Crippen LogP contribution in [0.4, 0.5) is 13.2 Å². The number of aliphatic hydroxyl groups is 2. The van der Waals surface area contributed by atoms with E-state index in [0.29, 0.717) is 19.3 Å². The first-order chi connectivity index (χ1) is 13.7. The van der Waals surface area contributed by atoms with Gasteiger partial charge in [0.15, 0.2) is 0 Å². The molecule has 0 radical (unpaired) electrons. The van der Waals surface area contributed by atoms with Gasteiger partial charge < -0.3 is 20.2 Å². The Kier molecular flexibility index (Phi) is 6.48. The van der Waals surface area contributed by atoms with Gasteiger partial charge in [0.2, 0.25) is 0 Å². The van der Waals surface area contributed by atoms with Gasteiger partial charge in [0.1, 0.15) is 6.61 Å². The van der Waals surface area contributed by atoms with Gasteiger partial charge in [-0.2, -0.15) is 13.2 Å². The number of hydrogen-bond donors (Lipinski definition) is 3. The summed E-state index contributed by atoms with van der Waals surface area (Å²) in [4.78, 5) is 15.5. The van der Waals surface area contributed by atoms with Crippen LogP contribution in [0.15, 0.2) is 29.4 Å². The first-order valence-corrected chi connectivity index (χ1v) is 9.60. The molecule has 5 atom stereocenters. The molecule has 6 nitrogen and oxygen atoms in total. The lowest BCUT2D eigenvalue weighted by molar-refractivity contribution is -0.138. The van der Waals surface area contributed by atoms with Crippen molar-refractivity contribution in [3.8, 4) is 0 Å². The van der Waals surface area contributed by atoms with Gasteiger partial charge in [0.25, 0.3) is 0 Å². The Balaban J connectivity index is 1.51. The van der Waals surface area contributed by atoms with Crippen LogP contribution >= 0.6 is 0 Å². The number of halogens is 3. The number of nitrogens with zero attached hydrogens (tertiary/aromatic N) is 1. The highest BCUT2D eigenvalue weighted by molar-refractivity contribution is 5.93. The second-order valence-corrected chi connectivity index (χ2v) is 7.74. The molecule has 0 bridgehead atoms. The van der Waals surface area contributed by atoms with E-state index in [1.807, 2.05) is 0 Å². The zero-order chi connectivity index (χ0) is 21.2. The highest BCUT2D eigenvalue weighted by Gasteiger charge is 2.51. The molecule has 0 amide bonds. The largest absolute Gasteiger partial charge is 0.481 e. The molecule has 0 aliphatic heterocycles. The fourth-order valence-corrected chi connectivity index (χ4v) is 4.22. The van der Waals surface area contributed by atoms with E-state index in [1.54, 1.807) is 0 Å². The Morgan fingerprint density at radius 1 is 1.34 bits per heavy atom. The molecule has 1 aromatic carbocycles. The predicted octanol–water partition coefficient (Wildman–Crippen LogP) is 3.38.